The molecule has 5 heteroatoms. The van der Waals surface area contributed by atoms with Gasteiger partial charge >= 0.3 is 0 Å². The topological polar surface area (TPSA) is 40.5 Å². The van der Waals surface area contributed by atoms with Crippen molar-refractivity contribution in [2.45, 2.75) is 97.5 Å². The molecule has 180 valence electrons. The molecule has 1 N–H and O–H groups in total. The van der Waals surface area contributed by atoms with Crippen LogP contribution >= 0.6 is 24.0 Å². The summed E-state index contributed by atoms with van der Waals surface area (Å²) in [4.78, 5) is 14.6. The molecule has 1 aliphatic heterocycles. The predicted octanol–water partition coefficient (Wildman–Crippen LogP) is 6.28. The largest absolute Gasteiger partial charge is 0.393 e. The van der Waals surface area contributed by atoms with Crippen LogP contribution in [-0.4, -0.2) is 38.6 Å². The van der Waals surface area contributed by atoms with E-state index in [0.29, 0.717) is 23.2 Å². The zero-order valence-corrected chi connectivity index (χ0v) is 22.0. The highest BCUT2D eigenvalue weighted by Gasteiger charge is 2.60. The molecule has 1 amide bonds. The highest BCUT2D eigenvalue weighted by molar-refractivity contribution is 8.23. The van der Waals surface area contributed by atoms with Crippen LogP contribution in [0, 0.1) is 46.3 Å². The molecule has 9 atom stereocenters. The monoisotopic (exact) mass is 477 g/mol. The molecular weight excluding hydrogens is 434 g/mol. The number of carbonyl (C=O) groups excluding carboxylic acids is 1. The number of rotatable bonds is 4. The van der Waals surface area contributed by atoms with Crippen LogP contribution in [-0.2, 0) is 4.79 Å². The maximum Gasteiger partial charge on any atom is 0.228 e. The van der Waals surface area contributed by atoms with Crippen LogP contribution in [0.15, 0.2) is 0 Å². The van der Waals surface area contributed by atoms with E-state index in [2.05, 4.69) is 20.8 Å². The fourth-order valence-electron chi connectivity index (χ4n) is 9.52. The lowest BCUT2D eigenvalue weighted by Gasteiger charge is -2.61. The Morgan fingerprint density at radius 3 is 2.62 bits per heavy atom. The number of thiocarbonyl (C=S) groups is 1. The smallest absolute Gasteiger partial charge is 0.228 e. The van der Waals surface area contributed by atoms with Gasteiger partial charge < -0.3 is 5.11 Å². The zero-order valence-electron chi connectivity index (χ0n) is 20.4. The third-order valence-corrected chi connectivity index (χ3v) is 12.7. The van der Waals surface area contributed by atoms with Crippen molar-refractivity contribution < 1.29 is 9.90 Å². The summed E-state index contributed by atoms with van der Waals surface area (Å²) in [5.41, 5.74) is 0.922. The predicted molar refractivity (Wildman–Crippen MR) is 136 cm³/mol. The number of aliphatic hydroxyl groups is 1. The molecule has 1 heterocycles. The number of thioether (sulfide) groups is 1. The lowest BCUT2D eigenvalue weighted by atomic mass is 9.44. The molecule has 6 unspecified atom stereocenters. The van der Waals surface area contributed by atoms with Gasteiger partial charge in [-0.3, -0.25) is 9.69 Å². The Morgan fingerprint density at radius 1 is 1.12 bits per heavy atom. The summed E-state index contributed by atoms with van der Waals surface area (Å²) in [6.07, 6.45) is 13.2. The normalized spacial score (nSPS) is 47.0. The van der Waals surface area contributed by atoms with Crippen LogP contribution in [0.25, 0.3) is 0 Å². The van der Waals surface area contributed by atoms with Crippen LogP contribution in [0.1, 0.15) is 91.4 Å². The first-order valence-electron chi connectivity index (χ1n) is 13.4. The molecule has 3 nitrogen and oxygen atoms in total. The zero-order chi connectivity index (χ0) is 22.7. The van der Waals surface area contributed by atoms with Gasteiger partial charge in [0, 0.05) is 18.7 Å². The maximum atomic E-state index is 12.7. The minimum atomic E-state index is -0.0496. The third-order valence-electron chi connectivity index (χ3n) is 11.3. The summed E-state index contributed by atoms with van der Waals surface area (Å²) in [6.45, 7) is 8.44. The van der Waals surface area contributed by atoms with E-state index in [0.717, 1.165) is 65.5 Å². The summed E-state index contributed by atoms with van der Waals surface area (Å²) in [5.74, 6) is 5.97. The van der Waals surface area contributed by atoms with Gasteiger partial charge in [0.2, 0.25) is 5.91 Å². The van der Waals surface area contributed by atoms with E-state index < -0.39 is 0 Å². The van der Waals surface area contributed by atoms with Gasteiger partial charge in [0.25, 0.3) is 0 Å². The van der Waals surface area contributed by atoms with E-state index >= 15 is 0 Å². The summed E-state index contributed by atoms with van der Waals surface area (Å²) in [7, 11) is 0. The molecule has 0 spiro atoms. The van der Waals surface area contributed by atoms with E-state index in [9.17, 15) is 9.90 Å². The molecule has 5 fully saturated rings. The summed E-state index contributed by atoms with van der Waals surface area (Å²) >= 11 is 7.01. The van der Waals surface area contributed by atoms with Crippen LogP contribution in [0.5, 0.6) is 0 Å². The molecule has 4 saturated carbocycles. The number of carbonyl (C=O) groups is 1. The molecule has 5 aliphatic rings. The van der Waals surface area contributed by atoms with Crippen molar-refractivity contribution in [2.75, 3.05) is 12.3 Å². The maximum absolute atomic E-state index is 12.7. The Balaban J connectivity index is 1.25. The molecule has 0 bridgehead atoms. The first-order valence-corrected chi connectivity index (χ1v) is 14.8. The summed E-state index contributed by atoms with van der Waals surface area (Å²) in [5, 5.41) is 10.3. The minimum absolute atomic E-state index is 0.0496. The Morgan fingerprint density at radius 2 is 1.88 bits per heavy atom. The van der Waals surface area contributed by atoms with Crippen LogP contribution in [0.2, 0.25) is 0 Å². The summed E-state index contributed by atoms with van der Waals surface area (Å²) < 4.78 is 0.785. The Bertz CT molecular complexity index is 758. The van der Waals surface area contributed by atoms with Gasteiger partial charge in [-0.05, 0) is 111 Å². The Labute approximate surface area is 204 Å². The molecule has 0 aromatic rings. The second kappa shape index (κ2) is 8.82. The highest BCUT2D eigenvalue weighted by Crippen LogP contribution is 2.68. The number of nitrogens with zero attached hydrogens (tertiary/aromatic N) is 1. The molecule has 32 heavy (non-hydrogen) atoms. The van der Waals surface area contributed by atoms with Crippen molar-refractivity contribution >= 4 is 34.2 Å². The fourth-order valence-corrected chi connectivity index (χ4v) is 10.8. The van der Waals surface area contributed by atoms with Crippen LogP contribution < -0.4 is 0 Å². The number of fused-ring (bicyclic) bond motifs is 5. The number of hydrogen-bond donors (Lipinski definition) is 1. The molecular formula is C27H43NO2S2. The van der Waals surface area contributed by atoms with Crippen molar-refractivity contribution in [2.24, 2.45) is 46.3 Å². The Hall–Kier alpha value is -0.130. The number of hydrogen-bond acceptors (Lipinski definition) is 4. The minimum Gasteiger partial charge on any atom is -0.393 e. The van der Waals surface area contributed by atoms with Crippen molar-refractivity contribution in [3.8, 4) is 0 Å². The van der Waals surface area contributed by atoms with Gasteiger partial charge in [0.1, 0.15) is 4.32 Å². The van der Waals surface area contributed by atoms with Crippen molar-refractivity contribution in [1.82, 2.24) is 4.90 Å². The van der Waals surface area contributed by atoms with Gasteiger partial charge in [-0.15, -0.1) is 0 Å². The average molecular weight is 478 g/mol. The molecule has 0 aromatic heterocycles. The SMILES string of the molecule is CC(CCC(=O)N1CCSC1=S)C1CCC2C3CCC4C[C@H](O)CC[C@]4(C)C3CC[C@]12C. The third kappa shape index (κ3) is 3.81. The van der Waals surface area contributed by atoms with Gasteiger partial charge in [0.05, 0.1) is 6.10 Å². The van der Waals surface area contributed by atoms with Crippen molar-refractivity contribution in [1.29, 1.82) is 0 Å². The number of amides is 1. The molecule has 1 saturated heterocycles. The van der Waals surface area contributed by atoms with Gasteiger partial charge in [0.15, 0.2) is 0 Å². The quantitative estimate of drug-likeness (QED) is 0.484. The number of aliphatic hydroxyl groups excluding tert-OH is 1. The van der Waals surface area contributed by atoms with E-state index in [1.54, 1.807) is 11.8 Å². The lowest BCUT2D eigenvalue weighted by molar-refractivity contribution is -0.130. The molecule has 0 aromatic carbocycles. The van der Waals surface area contributed by atoms with Crippen LogP contribution in [0.4, 0.5) is 0 Å². The second-order valence-corrected chi connectivity index (χ2v) is 14.2. The highest BCUT2D eigenvalue weighted by atomic mass is 32.2. The van der Waals surface area contributed by atoms with Gasteiger partial charge in [-0.1, -0.05) is 44.8 Å². The van der Waals surface area contributed by atoms with Crippen LogP contribution in [0.3, 0.4) is 0 Å². The van der Waals surface area contributed by atoms with E-state index in [-0.39, 0.29) is 12.0 Å². The molecule has 4 aliphatic carbocycles. The van der Waals surface area contributed by atoms with E-state index in [1.807, 2.05) is 4.90 Å². The first-order chi connectivity index (χ1) is 15.2. The molecule has 0 radical (unpaired) electrons. The van der Waals surface area contributed by atoms with E-state index in [1.165, 1.54) is 44.9 Å². The van der Waals surface area contributed by atoms with Gasteiger partial charge in [-0.25, -0.2) is 0 Å². The van der Waals surface area contributed by atoms with Crippen molar-refractivity contribution in [3.63, 3.8) is 0 Å². The van der Waals surface area contributed by atoms with Crippen molar-refractivity contribution in [3.05, 3.63) is 0 Å². The first kappa shape index (κ1) is 23.6. The van der Waals surface area contributed by atoms with E-state index in [4.69, 9.17) is 12.2 Å². The van der Waals surface area contributed by atoms with Gasteiger partial charge in [-0.2, -0.15) is 0 Å². The average Bonchev–Trinajstić information content (AvgIpc) is 3.35. The Kier molecular flexibility index (Phi) is 6.51. The molecule has 5 rings (SSSR count). The standard InChI is InChI=1S/C27H43NO2S2/c1-17(4-9-24(30)28-14-15-32-25(28)31)21-7-8-22-20-6-5-18-16-19(29)10-12-26(18,2)23(20)11-13-27(21,22)3/h17-23,29H,4-16H2,1-3H3/t17?,18?,19-,20?,21?,22?,23?,26+,27-/m1/s1. The summed E-state index contributed by atoms with van der Waals surface area (Å²) in [6, 6.07) is 0. The lowest BCUT2D eigenvalue weighted by Crippen LogP contribution is -2.54. The fraction of sp³-hybridized carbons (Fsp3) is 0.926. The second-order valence-electron chi connectivity index (χ2n) is 12.5.